The quantitative estimate of drug-likeness (QED) is 0.167. The summed E-state index contributed by atoms with van der Waals surface area (Å²) in [5.41, 5.74) is 22.2. The smallest absolute Gasteiger partial charge is 0.0159 e. The van der Waals surface area contributed by atoms with Gasteiger partial charge in [0.05, 0.1) is 0 Å². The SMILES string of the molecule is C=Cc1ccc2c(c1)C(C)(C)c1cc(CCc3cc(C)c(CCc4ccc5c(c4)C(C)(C)c4cc(C=C)ccc4-5)cc3C)ccc1-2. The first-order valence-corrected chi connectivity index (χ1v) is 16.9. The van der Waals surface area contributed by atoms with Gasteiger partial charge in [-0.2, -0.15) is 0 Å². The van der Waals surface area contributed by atoms with E-state index in [1.807, 2.05) is 12.2 Å². The molecule has 0 nitrogen and oxygen atoms in total. The van der Waals surface area contributed by atoms with Crippen LogP contribution in [0.2, 0.25) is 0 Å². The molecule has 0 bridgehead atoms. The van der Waals surface area contributed by atoms with Gasteiger partial charge in [0.2, 0.25) is 0 Å². The summed E-state index contributed by atoms with van der Waals surface area (Å²) in [4.78, 5) is 0. The van der Waals surface area contributed by atoms with Gasteiger partial charge in [-0.05, 0) is 129 Å². The van der Waals surface area contributed by atoms with E-state index in [9.17, 15) is 0 Å². The third-order valence-electron chi connectivity index (χ3n) is 11.2. The number of hydrogen-bond donors (Lipinski definition) is 0. The summed E-state index contributed by atoms with van der Waals surface area (Å²) in [5, 5.41) is 0. The highest BCUT2D eigenvalue weighted by Crippen LogP contribution is 2.50. The number of hydrogen-bond acceptors (Lipinski definition) is 0. The first-order valence-electron chi connectivity index (χ1n) is 16.9. The predicted molar refractivity (Wildman–Crippen MR) is 199 cm³/mol. The lowest BCUT2D eigenvalue weighted by Crippen LogP contribution is -2.15. The lowest BCUT2D eigenvalue weighted by Gasteiger charge is -2.22. The second kappa shape index (κ2) is 11.1. The van der Waals surface area contributed by atoms with Crippen LogP contribution in [0, 0.1) is 13.8 Å². The standard InChI is InChI=1S/C46H46/c1-9-31-13-19-37-39-21-15-33(27-43(39)45(5,6)41(37)25-31)11-17-35-23-30(4)36(24-29(35)3)18-12-34-16-22-40-38-20-14-32(10-2)26-42(38)46(7,8)44(40)28-34/h9-10,13-16,19-28H,1-2,11-12,17-18H2,3-8H3. The van der Waals surface area contributed by atoms with Gasteiger partial charge in [-0.1, -0.05) is 138 Å². The van der Waals surface area contributed by atoms with Crippen LogP contribution in [0.15, 0.2) is 98.1 Å². The van der Waals surface area contributed by atoms with Crippen LogP contribution in [0.4, 0.5) is 0 Å². The van der Waals surface area contributed by atoms with Gasteiger partial charge in [-0.25, -0.2) is 0 Å². The van der Waals surface area contributed by atoms with Gasteiger partial charge in [0.15, 0.2) is 0 Å². The minimum Gasteiger partial charge on any atom is -0.0985 e. The van der Waals surface area contributed by atoms with Gasteiger partial charge in [0, 0.05) is 10.8 Å². The molecule has 0 fully saturated rings. The maximum Gasteiger partial charge on any atom is 0.0159 e. The van der Waals surface area contributed by atoms with Crippen LogP contribution in [-0.2, 0) is 36.5 Å². The fraction of sp³-hybridized carbons (Fsp3) is 0.261. The molecule has 2 aliphatic carbocycles. The van der Waals surface area contributed by atoms with Crippen molar-refractivity contribution >= 4 is 12.2 Å². The maximum absolute atomic E-state index is 3.99. The Balaban J connectivity index is 1.05. The monoisotopic (exact) mass is 598 g/mol. The Kier molecular flexibility index (Phi) is 7.32. The first-order chi connectivity index (χ1) is 22.0. The van der Waals surface area contributed by atoms with Crippen LogP contribution in [0.5, 0.6) is 0 Å². The van der Waals surface area contributed by atoms with Crippen molar-refractivity contribution in [2.45, 2.75) is 78.1 Å². The Morgan fingerprint density at radius 3 is 1.17 bits per heavy atom. The lowest BCUT2D eigenvalue weighted by atomic mass is 9.81. The van der Waals surface area contributed by atoms with Crippen LogP contribution >= 0.6 is 0 Å². The van der Waals surface area contributed by atoms with E-state index in [4.69, 9.17) is 0 Å². The Bertz CT molecular complexity index is 1900. The van der Waals surface area contributed by atoms with E-state index in [0.717, 1.165) is 25.7 Å². The fourth-order valence-electron chi connectivity index (χ4n) is 8.20. The zero-order valence-electron chi connectivity index (χ0n) is 28.5. The van der Waals surface area contributed by atoms with Crippen molar-refractivity contribution < 1.29 is 0 Å². The Morgan fingerprint density at radius 2 is 0.804 bits per heavy atom. The third kappa shape index (κ3) is 4.91. The van der Waals surface area contributed by atoms with Gasteiger partial charge in [-0.15, -0.1) is 0 Å². The highest BCUT2D eigenvalue weighted by Gasteiger charge is 2.36. The zero-order valence-corrected chi connectivity index (χ0v) is 28.5. The molecule has 0 heterocycles. The molecule has 0 unspecified atom stereocenters. The van der Waals surface area contributed by atoms with Crippen molar-refractivity contribution in [3.05, 3.63) is 165 Å². The van der Waals surface area contributed by atoms with Crippen LogP contribution < -0.4 is 0 Å². The molecule has 0 saturated heterocycles. The van der Waals surface area contributed by atoms with Crippen molar-refractivity contribution in [2.24, 2.45) is 0 Å². The average Bonchev–Trinajstić information content (AvgIpc) is 3.42. The highest BCUT2D eigenvalue weighted by atomic mass is 14.4. The third-order valence-corrected chi connectivity index (χ3v) is 11.2. The molecule has 0 aliphatic heterocycles. The number of rotatable bonds is 8. The van der Waals surface area contributed by atoms with Crippen molar-refractivity contribution in [1.29, 1.82) is 0 Å². The normalized spacial score (nSPS) is 14.7. The second-order valence-corrected chi connectivity index (χ2v) is 14.7. The van der Waals surface area contributed by atoms with E-state index in [-0.39, 0.29) is 10.8 Å². The second-order valence-electron chi connectivity index (χ2n) is 14.7. The van der Waals surface area contributed by atoms with Crippen LogP contribution in [-0.4, -0.2) is 0 Å². The lowest BCUT2D eigenvalue weighted by molar-refractivity contribution is 0.658. The van der Waals surface area contributed by atoms with Crippen molar-refractivity contribution in [3.8, 4) is 22.3 Å². The fourth-order valence-corrected chi connectivity index (χ4v) is 8.20. The van der Waals surface area contributed by atoms with Gasteiger partial charge in [-0.3, -0.25) is 0 Å². The minimum atomic E-state index is 0.00144. The van der Waals surface area contributed by atoms with Crippen LogP contribution in [0.3, 0.4) is 0 Å². The summed E-state index contributed by atoms with van der Waals surface area (Å²) in [6.07, 6.45) is 8.14. The topological polar surface area (TPSA) is 0 Å². The van der Waals surface area contributed by atoms with Crippen LogP contribution in [0.25, 0.3) is 34.4 Å². The molecular weight excluding hydrogens is 553 g/mol. The molecule has 0 N–H and O–H groups in total. The van der Waals surface area contributed by atoms with Gasteiger partial charge < -0.3 is 0 Å². The molecule has 0 radical (unpaired) electrons. The molecule has 5 aromatic rings. The molecule has 0 aromatic heterocycles. The van der Waals surface area contributed by atoms with Crippen molar-refractivity contribution in [3.63, 3.8) is 0 Å². The molecule has 0 heteroatoms. The van der Waals surface area contributed by atoms with E-state index in [1.165, 1.54) is 89.0 Å². The summed E-state index contributed by atoms with van der Waals surface area (Å²) in [7, 11) is 0. The molecule has 5 aromatic carbocycles. The van der Waals surface area contributed by atoms with E-state index in [0.29, 0.717) is 0 Å². The average molecular weight is 599 g/mol. The Hall–Kier alpha value is -4.42. The van der Waals surface area contributed by atoms with Gasteiger partial charge >= 0.3 is 0 Å². The summed E-state index contributed by atoms with van der Waals surface area (Å²) in [6, 6.07) is 32.8. The molecule has 46 heavy (non-hydrogen) atoms. The number of aryl methyl sites for hydroxylation is 6. The van der Waals surface area contributed by atoms with E-state index < -0.39 is 0 Å². The van der Waals surface area contributed by atoms with E-state index in [2.05, 4.69) is 140 Å². The summed E-state index contributed by atoms with van der Waals surface area (Å²) < 4.78 is 0. The van der Waals surface area contributed by atoms with Gasteiger partial charge in [0.1, 0.15) is 0 Å². The molecule has 0 spiro atoms. The van der Waals surface area contributed by atoms with E-state index in [1.54, 1.807) is 0 Å². The summed E-state index contributed by atoms with van der Waals surface area (Å²) in [5.74, 6) is 0. The maximum atomic E-state index is 3.99. The van der Waals surface area contributed by atoms with Crippen molar-refractivity contribution in [2.75, 3.05) is 0 Å². The molecule has 0 amide bonds. The molecule has 2 aliphatic rings. The Morgan fingerprint density at radius 1 is 0.457 bits per heavy atom. The van der Waals surface area contributed by atoms with E-state index >= 15 is 0 Å². The summed E-state index contributed by atoms with van der Waals surface area (Å²) in [6.45, 7) is 22.0. The molecule has 230 valence electrons. The summed E-state index contributed by atoms with van der Waals surface area (Å²) >= 11 is 0. The number of fused-ring (bicyclic) bond motifs is 6. The zero-order chi connectivity index (χ0) is 32.4. The molecule has 0 atom stereocenters. The molecular formula is C46H46. The predicted octanol–water partition coefficient (Wildman–Crippen LogP) is 11.8. The van der Waals surface area contributed by atoms with Gasteiger partial charge in [0.25, 0.3) is 0 Å². The van der Waals surface area contributed by atoms with Crippen molar-refractivity contribution in [1.82, 2.24) is 0 Å². The molecule has 0 saturated carbocycles. The molecule has 7 rings (SSSR count). The number of benzene rings is 5. The first kappa shape index (κ1) is 30.2. The largest absolute Gasteiger partial charge is 0.0985 e. The minimum absolute atomic E-state index is 0.00144. The highest BCUT2D eigenvalue weighted by molar-refractivity contribution is 5.83. The Labute approximate surface area is 276 Å². The van der Waals surface area contributed by atoms with Crippen LogP contribution in [0.1, 0.15) is 94.5 Å².